The summed E-state index contributed by atoms with van der Waals surface area (Å²) < 4.78 is 10.8. The Morgan fingerprint density at radius 2 is 2.04 bits per heavy atom. The first-order chi connectivity index (χ1) is 13.5. The second-order valence-electron chi connectivity index (χ2n) is 6.39. The maximum absolute atomic E-state index is 11.1. The molecule has 1 rings (SSSR count). The van der Waals surface area contributed by atoms with Gasteiger partial charge in [0.15, 0.2) is 5.96 Å². The van der Waals surface area contributed by atoms with Crippen molar-refractivity contribution in [2.45, 2.75) is 20.3 Å². The van der Waals surface area contributed by atoms with E-state index in [-0.39, 0.29) is 5.91 Å². The maximum atomic E-state index is 11.1. The molecule has 0 aliphatic carbocycles. The molecule has 8 nitrogen and oxygen atoms in total. The summed E-state index contributed by atoms with van der Waals surface area (Å²) in [5.74, 6) is 1.39. The highest BCUT2D eigenvalue weighted by molar-refractivity contribution is 5.88. The molecular weight excluding hydrogens is 358 g/mol. The fourth-order valence-corrected chi connectivity index (χ4v) is 2.47. The van der Waals surface area contributed by atoms with E-state index in [1.54, 1.807) is 13.2 Å². The molecule has 0 heterocycles. The summed E-state index contributed by atoms with van der Waals surface area (Å²) in [6.07, 6.45) is 1.02. The number of hydrogen-bond acceptors (Lipinski definition) is 5. The van der Waals surface area contributed by atoms with Crippen LogP contribution in [0.15, 0.2) is 29.3 Å². The summed E-state index contributed by atoms with van der Waals surface area (Å²) in [4.78, 5) is 18.0. The number of hydrogen-bond donors (Lipinski definition) is 3. The minimum Gasteiger partial charge on any atom is -0.492 e. The first kappa shape index (κ1) is 23.7. The first-order valence-corrected chi connectivity index (χ1v) is 9.75. The van der Waals surface area contributed by atoms with Gasteiger partial charge in [-0.25, -0.2) is 0 Å². The van der Waals surface area contributed by atoms with E-state index in [1.165, 1.54) is 6.92 Å². The molecule has 1 amide bonds. The predicted molar refractivity (Wildman–Crippen MR) is 114 cm³/mol. The monoisotopic (exact) mass is 393 g/mol. The molecular formula is C20H35N5O3. The fraction of sp³-hybridized carbons (Fsp3) is 0.600. The standard InChI is InChI=1S/C20H35N5O3/c1-5-21-20(22-10-13-25(3)12-7-14-27-4)23-11-15-28-19-9-6-8-18(16-19)24-17(2)26/h6,8-9,16H,5,7,10-15H2,1-4H3,(H,24,26)(H2,21,22,23). The fourth-order valence-electron chi connectivity index (χ4n) is 2.47. The van der Waals surface area contributed by atoms with E-state index < -0.39 is 0 Å². The highest BCUT2D eigenvalue weighted by Crippen LogP contribution is 2.16. The van der Waals surface area contributed by atoms with Crippen molar-refractivity contribution in [1.29, 1.82) is 0 Å². The Hall–Kier alpha value is -2.32. The molecule has 1 aromatic carbocycles. The molecule has 1 aromatic rings. The van der Waals surface area contributed by atoms with Crippen LogP contribution in [-0.2, 0) is 9.53 Å². The molecule has 0 saturated carbocycles. The first-order valence-electron chi connectivity index (χ1n) is 9.75. The molecule has 8 heteroatoms. The topological polar surface area (TPSA) is 87.2 Å². The minimum absolute atomic E-state index is 0.102. The van der Waals surface area contributed by atoms with Crippen molar-refractivity contribution >= 4 is 17.6 Å². The van der Waals surface area contributed by atoms with Gasteiger partial charge < -0.3 is 30.3 Å². The molecule has 0 radical (unpaired) electrons. The highest BCUT2D eigenvalue weighted by atomic mass is 16.5. The normalized spacial score (nSPS) is 11.4. The van der Waals surface area contributed by atoms with Crippen LogP contribution in [-0.4, -0.2) is 76.9 Å². The van der Waals surface area contributed by atoms with Crippen LogP contribution in [0.2, 0.25) is 0 Å². The molecule has 0 unspecified atom stereocenters. The van der Waals surface area contributed by atoms with Gasteiger partial charge in [-0.1, -0.05) is 6.07 Å². The average Bonchev–Trinajstić information content (AvgIpc) is 2.65. The molecule has 0 fully saturated rings. The number of guanidine groups is 1. The highest BCUT2D eigenvalue weighted by Gasteiger charge is 2.01. The Kier molecular flexibility index (Phi) is 12.5. The SMILES string of the molecule is CCNC(=NCCN(C)CCCOC)NCCOc1cccc(NC(C)=O)c1. The summed E-state index contributed by atoms with van der Waals surface area (Å²) in [6, 6.07) is 7.35. The van der Waals surface area contributed by atoms with Gasteiger partial charge in [0.1, 0.15) is 12.4 Å². The van der Waals surface area contributed by atoms with Crippen LogP contribution in [0.3, 0.4) is 0 Å². The van der Waals surface area contributed by atoms with Crippen molar-refractivity contribution in [2.75, 3.05) is 65.4 Å². The zero-order valence-corrected chi connectivity index (χ0v) is 17.6. The van der Waals surface area contributed by atoms with Crippen LogP contribution in [0.1, 0.15) is 20.3 Å². The lowest BCUT2D eigenvalue weighted by Crippen LogP contribution is -2.39. The largest absolute Gasteiger partial charge is 0.492 e. The van der Waals surface area contributed by atoms with E-state index in [9.17, 15) is 4.79 Å². The number of carbonyl (C=O) groups excluding carboxylic acids is 1. The van der Waals surface area contributed by atoms with Gasteiger partial charge in [-0.2, -0.15) is 0 Å². The number of likely N-dealkylation sites (N-methyl/N-ethyl adjacent to an activating group) is 1. The number of carbonyl (C=O) groups is 1. The van der Waals surface area contributed by atoms with E-state index in [4.69, 9.17) is 9.47 Å². The van der Waals surface area contributed by atoms with Crippen molar-refractivity contribution in [3.8, 4) is 5.75 Å². The van der Waals surface area contributed by atoms with Crippen molar-refractivity contribution in [3.05, 3.63) is 24.3 Å². The van der Waals surface area contributed by atoms with Crippen LogP contribution in [0.5, 0.6) is 5.75 Å². The molecule has 0 saturated heterocycles. The number of ether oxygens (including phenoxy) is 2. The van der Waals surface area contributed by atoms with Gasteiger partial charge in [0.05, 0.1) is 13.1 Å². The molecule has 0 aliphatic heterocycles. The molecule has 3 N–H and O–H groups in total. The average molecular weight is 394 g/mol. The van der Waals surface area contributed by atoms with Crippen LogP contribution < -0.4 is 20.7 Å². The molecule has 0 spiro atoms. The van der Waals surface area contributed by atoms with Crippen molar-refractivity contribution < 1.29 is 14.3 Å². The third kappa shape index (κ3) is 11.4. The molecule has 0 atom stereocenters. The lowest BCUT2D eigenvalue weighted by atomic mass is 10.3. The van der Waals surface area contributed by atoms with Gasteiger partial charge in [0, 0.05) is 52.0 Å². The van der Waals surface area contributed by atoms with Gasteiger partial charge in [0.2, 0.25) is 5.91 Å². The Balaban J connectivity index is 2.33. The zero-order valence-electron chi connectivity index (χ0n) is 17.6. The third-order valence-corrected chi connectivity index (χ3v) is 3.80. The third-order valence-electron chi connectivity index (χ3n) is 3.80. The summed E-state index contributed by atoms with van der Waals surface area (Å²) in [5.41, 5.74) is 0.725. The lowest BCUT2D eigenvalue weighted by molar-refractivity contribution is -0.114. The molecule has 0 bridgehead atoms. The van der Waals surface area contributed by atoms with Crippen molar-refractivity contribution in [1.82, 2.24) is 15.5 Å². The number of methoxy groups -OCH3 is 1. The van der Waals surface area contributed by atoms with Gasteiger partial charge >= 0.3 is 0 Å². The molecule has 158 valence electrons. The van der Waals surface area contributed by atoms with E-state index >= 15 is 0 Å². The van der Waals surface area contributed by atoms with Crippen LogP contribution in [0.25, 0.3) is 0 Å². The van der Waals surface area contributed by atoms with Crippen LogP contribution >= 0.6 is 0 Å². The van der Waals surface area contributed by atoms with Crippen LogP contribution in [0, 0.1) is 0 Å². The Bertz CT molecular complexity index is 595. The smallest absolute Gasteiger partial charge is 0.221 e. The number of rotatable bonds is 13. The van der Waals surface area contributed by atoms with Crippen molar-refractivity contribution in [3.63, 3.8) is 0 Å². The number of aliphatic imine (C=N–C) groups is 1. The molecule has 0 aromatic heterocycles. The number of nitrogens with one attached hydrogen (secondary N) is 3. The Morgan fingerprint density at radius 3 is 2.75 bits per heavy atom. The maximum Gasteiger partial charge on any atom is 0.221 e. The number of nitrogens with zero attached hydrogens (tertiary/aromatic N) is 2. The van der Waals surface area contributed by atoms with E-state index in [0.717, 1.165) is 50.9 Å². The summed E-state index contributed by atoms with van der Waals surface area (Å²) >= 11 is 0. The van der Waals surface area contributed by atoms with E-state index in [1.807, 2.05) is 25.1 Å². The second kappa shape index (κ2) is 14.7. The van der Waals surface area contributed by atoms with Crippen LogP contribution in [0.4, 0.5) is 5.69 Å². The van der Waals surface area contributed by atoms with E-state index in [0.29, 0.717) is 18.9 Å². The summed E-state index contributed by atoms with van der Waals surface area (Å²) in [5, 5.41) is 9.25. The Labute approximate surface area is 168 Å². The molecule has 28 heavy (non-hydrogen) atoms. The van der Waals surface area contributed by atoms with Gasteiger partial charge in [-0.3, -0.25) is 9.79 Å². The van der Waals surface area contributed by atoms with E-state index in [2.05, 4.69) is 32.9 Å². The number of benzene rings is 1. The Morgan fingerprint density at radius 1 is 1.21 bits per heavy atom. The lowest BCUT2D eigenvalue weighted by Gasteiger charge is -2.16. The molecule has 0 aliphatic rings. The number of amides is 1. The quantitative estimate of drug-likeness (QED) is 0.268. The minimum atomic E-state index is -0.102. The van der Waals surface area contributed by atoms with Gasteiger partial charge in [0.25, 0.3) is 0 Å². The summed E-state index contributed by atoms with van der Waals surface area (Å²) in [6.45, 7) is 8.84. The number of anilines is 1. The summed E-state index contributed by atoms with van der Waals surface area (Å²) in [7, 11) is 3.82. The van der Waals surface area contributed by atoms with Gasteiger partial charge in [-0.05, 0) is 32.5 Å². The predicted octanol–water partition coefficient (Wildman–Crippen LogP) is 1.55. The van der Waals surface area contributed by atoms with Crippen molar-refractivity contribution in [2.24, 2.45) is 4.99 Å². The zero-order chi connectivity index (χ0) is 20.6. The second-order valence-corrected chi connectivity index (χ2v) is 6.39. The van der Waals surface area contributed by atoms with Gasteiger partial charge in [-0.15, -0.1) is 0 Å².